The molecule has 1 heterocycles. The molecule has 1 N–H and O–H groups in total. The maximum atomic E-state index is 12.7. The van der Waals surface area contributed by atoms with Gasteiger partial charge in [0.2, 0.25) is 0 Å². The molecule has 19 heavy (non-hydrogen) atoms. The van der Waals surface area contributed by atoms with Gasteiger partial charge in [0.15, 0.2) is 0 Å². The lowest BCUT2D eigenvalue weighted by molar-refractivity contribution is 0.0925. The van der Waals surface area contributed by atoms with Crippen molar-refractivity contribution in [2.75, 3.05) is 26.2 Å². The fourth-order valence-electron chi connectivity index (χ4n) is 3.48. The Kier molecular flexibility index (Phi) is 5.49. The lowest BCUT2D eigenvalue weighted by Gasteiger charge is -2.40. The van der Waals surface area contributed by atoms with Crippen LogP contribution in [0.5, 0.6) is 0 Å². The second-order valence-corrected chi connectivity index (χ2v) is 6.18. The third-order valence-electron chi connectivity index (χ3n) is 4.53. The van der Waals surface area contributed by atoms with Crippen LogP contribution in [0.3, 0.4) is 0 Å². The summed E-state index contributed by atoms with van der Waals surface area (Å²) in [6.07, 6.45) is 8.28. The van der Waals surface area contributed by atoms with Crippen LogP contribution in [0.15, 0.2) is 0 Å². The number of urea groups is 1. The topological polar surface area (TPSA) is 43.8 Å². The van der Waals surface area contributed by atoms with Gasteiger partial charge in [0, 0.05) is 25.7 Å². The van der Waals surface area contributed by atoms with Gasteiger partial charge in [-0.25, -0.2) is 4.79 Å². The van der Waals surface area contributed by atoms with Gasteiger partial charge in [-0.3, -0.25) is 0 Å². The van der Waals surface area contributed by atoms with E-state index in [-0.39, 0.29) is 12.6 Å². The predicted molar refractivity (Wildman–Crippen MR) is 76.0 cm³/mol. The normalized spacial score (nSPS) is 25.4. The molecule has 2 fully saturated rings. The second kappa shape index (κ2) is 7.13. The van der Waals surface area contributed by atoms with Crippen LogP contribution < -0.4 is 0 Å². The zero-order chi connectivity index (χ0) is 13.7. The maximum Gasteiger partial charge on any atom is 0.320 e. The zero-order valence-corrected chi connectivity index (χ0v) is 12.2. The van der Waals surface area contributed by atoms with Crippen molar-refractivity contribution < 1.29 is 9.90 Å². The van der Waals surface area contributed by atoms with Crippen molar-refractivity contribution in [2.24, 2.45) is 5.92 Å². The van der Waals surface area contributed by atoms with Gasteiger partial charge in [0.25, 0.3) is 0 Å². The number of aliphatic hydroxyl groups excluding tert-OH is 1. The first-order valence-electron chi connectivity index (χ1n) is 7.88. The molecule has 1 unspecified atom stereocenters. The van der Waals surface area contributed by atoms with E-state index in [9.17, 15) is 9.90 Å². The maximum absolute atomic E-state index is 12.7. The van der Waals surface area contributed by atoms with Gasteiger partial charge in [-0.1, -0.05) is 26.2 Å². The number of likely N-dealkylation sites (tertiary alicyclic amines) is 1. The first-order chi connectivity index (χ1) is 9.22. The van der Waals surface area contributed by atoms with Crippen LogP contribution in [0, 0.1) is 5.92 Å². The van der Waals surface area contributed by atoms with Gasteiger partial charge in [-0.05, 0) is 31.6 Å². The Morgan fingerprint density at radius 2 is 1.95 bits per heavy atom. The fraction of sp³-hybridized carbons (Fsp3) is 0.933. The first kappa shape index (κ1) is 14.6. The molecular formula is C15H28N2O2. The summed E-state index contributed by atoms with van der Waals surface area (Å²) in [5.74, 6) is 0.611. The minimum atomic E-state index is 0.0750. The van der Waals surface area contributed by atoms with Crippen molar-refractivity contribution >= 4 is 6.03 Å². The van der Waals surface area contributed by atoms with E-state index in [1.807, 2.05) is 9.80 Å². The third kappa shape index (κ3) is 3.85. The quantitative estimate of drug-likeness (QED) is 0.854. The molecule has 1 atom stereocenters. The van der Waals surface area contributed by atoms with Crippen LogP contribution in [0.4, 0.5) is 4.79 Å². The molecular weight excluding hydrogens is 240 g/mol. The molecule has 110 valence electrons. The van der Waals surface area contributed by atoms with E-state index >= 15 is 0 Å². The average Bonchev–Trinajstić information content (AvgIpc) is 2.45. The minimum absolute atomic E-state index is 0.0750. The molecule has 4 heteroatoms. The van der Waals surface area contributed by atoms with E-state index in [0.29, 0.717) is 18.5 Å². The summed E-state index contributed by atoms with van der Waals surface area (Å²) < 4.78 is 0. The summed E-state index contributed by atoms with van der Waals surface area (Å²) in [6.45, 7) is 4.56. The lowest BCUT2D eigenvalue weighted by Crippen LogP contribution is -2.52. The monoisotopic (exact) mass is 268 g/mol. The Morgan fingerprint density at radius 3 is 2.58 bits per heavy atom. The fourth-order valence-corrected chi connectivity index (χ4v) is 3.48. The molecule has 2 aliphatic rings. The summed E-state index contributed by atoms with van der Waals surface area (Å²) in [4.78, 5) is 16.6. The Hall–Kier alpha value is -0.770. The molecule has 1 aliphatic heterocycles. The highest BCUT2D eigenvalue weighted by molar-refractivity contribution is 5.75. The molecule has 0 aromatic carbocycles. The van der Waals surface area contributed by atoms with Crippen LogP contribution in [0.2, 0.25) is 0 Å². The average molecular weight is 268 g/mol. The first-order valence-corrected chi connectivity index (χ1v) is 7.88. The molecule has 2 amide bonds. The molecule has 1 saturated heterocycles. The van der Waals surface area contributed by atoms with E-state index < -0.39 is 0 Å². The van der Waals surface area contributed by atoms with E-state index in [0.717, 1.165) is 32.4 Å². The van der Waals surface area contributed by atoms with Crippen LogP contribution in [-0.2, 0) is 0 Å². The van der Waals surface area contributed by atoms with Crippen LogP contribution in [0.25, 0.3) is 0 Å². The summed E-state index contributed by atoms with van der Waals surface area (Å²) in [7, 11) is 0. The van der Waals surface area contributed by atoms with Crippen molar-refractivity contribution in [1.82, 2.24) is 9.80 Å². The number of amides is 2. The Balaban J connectivity index is 1.98. The largest absolute Gasteiger partial charge is 0.395 e. The van der Waals surface area contributed by atoms with Crippen molar-refractivity contribution in [3.63, 3.8) is 0 Å². The van der Waals surface area contributed by atoms with Crippen LogP contribution in [0.1, 0.15) is 51.9 Å². The van der Waals surface area contributed by atoms with Gasteiger partial charge < -0.3 is 14.9 Å². The van der Waals surface area contributed by atoms with Crippen molar-refractivity contribution in [3.05, 3.63) is 0 Å². The van der Waals surface area contributed by atoms with Gasteiger partial charge in [0.1, 0.15) is 0 Å². The number of hydrogen-bond donors (Lipinski definition) is 1. The van der Waals surface area contributed by atoms with Crippen molar-refractivity contribution in [1.29, 1.82) is 0 Å². The summed E-state index contributed by atoms with van der Waals surface area (Å²) in [5, 5.41) is 9.25. The van der Waals surface area contributed by atoms with E-state index in [2.05, 4.69) is 6.92 Å². The molecule has 4 nitrogen and oxygen atoms in total. The number of carbonyl (C=O) groups excluding carboxylic acids is 1. The van der Waals surface area contributed by atoms with Gasteiger partial charge in [-0.15, -0.1) is 0 Å². The van der Waals surface area contributed by atoms with Gasteiger partial charge in [-0.2, -0.15) is 0 Å². The summed E-state index contributed by atoms with van der Waals surface area (Å²) in [5.41, 5.74) is 0. The van der Waals surface area contributed by atoms with E-state index in [1.165, 1.54) is 25.7 Å². The Bertz CT molecular complexity index is 290. The Morgan fingerprint density at radius 1 is 1.21 bits per heavy atom. The lowest BCUT2D eigenvalue weighted by atomic mass is 9.94. The smallest absolute Gasteiger partial charge is 0.320 e. The number of piperidine rings is 1. The number of rotatable bonds is 3. The number of aliphatic hydroxyl groups is 1. The highest BCUT2D eigenvalue weighted by Crippen LogP contribution is 2.25. The van der Waals surface area contributed by atoms with Crippen molar-refractivity contribution in [3.8, 4) is 0 Å². The summed E-state index contributed by atoms with van der Waals surface area (Å²) in [6, 6.07) is 0.512. The summed E-state index contributed by atoms with van der Waals surface area (Å²) >= 11 is 0. The molecule has 0 bridgehead atoms. The van der Waals surface area contributed by atoms with E-state index in [1.54, 1.807) is 0 Å². The molecule has 0 radical (unpaired) electrons. The highest BCUT2D eigenvalue weighted by atomic mass is 16.3. The highest BCUT2D eigenvalue weighted by Gasteiger charge is 2.30. The molecule has 0 aromatic rings. The standard InChI is InChI=1S/C15H28N2O2/c1-13-6-5-9-16(12-13)15(19)17(10-11-18)14-7-3-2-4-8-14/h13-14,18H,2-12H2,1H3. The van der Waals surface area contributed by atoms with Gasteiger partial charge in [0.05, 0.1) is 6.61 Å². The van der Waals surface area contributed by atoms with Gasteiger partial charge >= 0.3 is 6.03 Å². The zero-order valence-electron chi connectivity index (χ0n) is 12.2. The Labute approximate surface area is 116 Å². The SMILES string of the molecule is CC1CCCN(C(=O)N(CCO)C2CCCCC2)C1. The molecule has 1 aliphatic carbocycles. The molecule has 0 spiro atoms. The minimum Gasteiger partial charge on any atom is -0.395 e. The molecule has 1 saturated carbocycles. The number of nitrogens with zero attached hydrogens (tertiary/aromatic N) is 2. The number of hydrogen-bond acceptors (Lipinski definition) is 2. The van der Waals surface area contributed by atoms with Crippen LogP contribution >= 0.6 is 0 Å². The number of carbonyl (C=O) groups is 1. The van der Waals surface area contributed by atoms with Crippen LogP contribution in [-0.4, -0.2) is 53.2 Å². The predicted octanol–water partition coefficient (Wildman–Crippen LogP) is 2.47. The van der Waals surface area contributed by atoms with E-state index in [4.69, 9.17) is 0 Å². The molecule has 2 rings (SSSR count). The second-order valence-electron chi connectivity index (χ2n) is 6.18. The molecule has 0 aromatic heterocycles. The van der Waals surface area contributed by atoms with Crippen molar-refractivity contribution in [2.45, 2.75) is 57.9 Å². The third-order valence-corrected chi connectivity index (χ3v) is 4.53.